The van der Waals surface area contributed by atoms with Crippen molar-refractivity contribution in [3.63, 3.8) is 0 Å². The van der Waals surface area contributed by atoms with E-state index in [0.717, 1.165) is 37.6 Å². The normalized spacial score (nSPS) is 12.6. The van der Waals surface area contributed by atoms with Gasteiger partial charge >= 0.3 is 0 Å². The fourth-order valence-electron chi connectivity index (χ4n) is 14.0. The molecule has 13 aromatic carbocycles. The summed E-state index contributed by atoms with van der Waals surface area (Å²) in [6.45, 7) is 6.08. The first-order valence-electron chi connectivity index (χ1n) is 29.2. The molecule has 372 valence electrons. The van der Waals surface area contributed by atoms with Gasteiger partial charge in [-0.2, -0.15) is 0 Å². The summed E-state index contributed by atoms with van der Waals surface area (Å²) in [4.78, 5) is 0. The Morgan fingerprint density at radius 3 is 0.689 bits per heavy atom. The molecule has 0 aromatic heterocycles. The molecular weight excluding hydrogens is 897 g/mol. The number of hydrogen-bond donors (Lipinski definition) is 0. The smallest absolute Gasteiger partial charge is 0.119 e. The van der Waals surface area contributed by atoms with Crippen LogP contribution in [-0.4, -0.2) is 13.2 Å². The van der Waals surface area contributed by atoms with Gasteiger partial charge in [-0.05, 0) is 166 Å². The summed E-state index contributed by atoms with van der Waals surface area (Å²) in [6.07, 6.45) is 26.3. The average molecular weight is 969 g/mol. The van der Waals surface area contributed by atoms with E-state index in [-0.39, 0.29) is 0 Å². The van der Waals surface area contributed by atoms with Gasteiger partial charge in [0.1, 0.15) is 11.5 Å². The maximum absolute atomic E-state index is 6.79. The van der Waals surface area contributed by atoms with Crippen LogP contribution < -0.4 is 9.47 Å². The molecule has 0 amide bonds. The third-order valence-electron chi connectivity index (χ3n) is 17.5. The van der Waals surface area contributed by atoms with Crippen molar-refractivity contribution < 1.29 is 9.47 Å². The lowest BCUT2D eigenvalue weighted by atomic mass is 9.74. The molecule has 13 aromatic rings. The molecule has 0 aliphatic carbocycles. The molecule has 0 unspecified atom stereocenters. The lowest BCUT2D eigenvalue weighted by Crippen LogP contribution is -2.00. The molecule has 0 heterocycles. The van der Waals surface area contributed by atoms with Gasteiger partial charge < -0.3 is 9.47 Å². The highest BCUT2D eigenvalue weighted by Gasteiger charge is 2.30. The van der Waals surface area contributed by atoms with E-state index >= 15 is 0 Å². The van der Waals surface area contributed by atoms with Crippen LogP contribution in [0.25, 0.3) is 129 Å². The zero-order valence-electron chi connectivity index (χ0n) is 44.1. The van der Waals surface area contributed by atoms with Crippen LogP contribution in [0.1, 0.15) is 142 Å². The first-order valence-corrected chi connectivity index (χ1v) is 29.2. The number of hydrogen-bond acceptors (Lipinski definition) is 2. The van der Waals surface area contributed by atoms with Crippen LogP contribution in [-0.2, 0) is 0 Å². The van der Waals surface area contributed by atoms with Crippen molar-refractivity contribution >= 4 is 129 Å². The minimum Gasteiger partial charge on any atom is -0.494 e. The van der Waals surface area contributed by atoms with Crippen molar-refractivity contribution in [2.24, 2.45) is 0 Å². The zero-order valence-corrected chi connectivity index (χ0v) is 44.1. The molecule has 0 saturated heterocycles. The second-order valence-corrected chi connectivity index (χ2v) is 22.2. The van der Waals surface area contributed by atoms with Gasteiger partial charge in [-0.25, -0.2) is 0 Å². The monoisotopic (exact) mass is 969 g/mol. The lowest BCUT2D eigenvalue weighted by Gasteiger charge is -2.28. The molecule has 0 fully saturated rings. The molecule has 0 saturated carbocycles. The highest BCUT2D eigenvalue weighted by molar-refractivity contribution is 6.60. The van der Waals surface area contributed by atoms with Crippen LogP contribution in [0.5, 0.6) is 11.5 Å². The number of fused-ring (bicyclic) bond motifs is 18. The van der Waals surface area contributed by atoms with Gasteiger partial charge in [0.2, 0.25) is 0 Å². The lowest BCUT2D eigenvalue weighted by molar-refractivity contribution is 0.304. The minimum atomic E-state index is 0.741. The Morgan fingerprint density at radius 1 is 0.216 bits per heavy atom. The van der Waals surface area contributed by atoms with Crippen LogP contribution >= 0.6 is 0 Å². The van der Waals surface area contributed by atoms with E-state index < -0.39 is 0 Å². The zero-order chi connectivity index (χ0) is 49.5. The molecule has 0 radical (unpaired) electrons. The first-order chi connectivity index (χ1) is 36.8. The predicted molar refractivity (Wildman–Crippen MR) is 325 cm³/mol. The molecule has 0 N–H and O–H groups in total. The molecule has 0 spiro atoms. The Morgan fingerprint density at radius 2 is 0.432 bits per heavy atom. The molecule has 0 aliphatic rings. The van der Waals surface area contributed by atoms with Gasteiger partial charge in [-0.1, -0.05) is 239 Å². The molecule has 0 bridgehead atoms. The van der Waals surface area contributed by atoms with E-state index in [9.17, 15) is 0 Å². The second kappa shape index (κ2) is 20.6. The minimum absolute atomic E-state index is 0.741. The third kappa shape index (κ3) is 7.88. The van der Waals surface area contributed by atoms with Gasteiger partial charge in [0.15, 0.2) is 0 Å². The van der Waals surface area contributed by atoms with E-state index in [1.54, 1.807) is 0 Å². The maximum Gasteiger partial charge on any atom is 0.119 e. The van der Waals surface area contributed by atoms with Crippen molar-refractivity contribution in [2.75, 3.05) is 13.2 Å². The standard InChI is InChI=1S/C72H72O2/c1-3-5-7-9-11-13-15-17-19-29-43-73-47-39-41-57-59(45-47)65-55-37-27-25-35-53(55)62-51-33-23-21-31-49(51)61-50-32-22-24-34-52(50)63-54-36-26-28-38-56(54)66-60-46-48(74-44-30-20-18-16-14-12-10-8-6-4-2)40-42-58(60)64(57)70-71(65)68(62)67(61)69(63)72(66)70/h21-28,31-42,45-46H,3-20,29-30,43-44H2,1-2H3. The third-order valence-corrected chi connectivity index (χ3v) is 17.5. The SMILES string of the molecule is CCCCCCCCCCCCOc1ccc2c(c1)c1c3ccccc3c3c4ccccc4c4c5ccccc5c5c6ccccc6c6c7cc(OCCCCCCCCCCCC)ccc7c2c2c1c3c4c5c62. The Labute approximate surface area is 437 Å². The van der Waals surface area contributed by atoms with Crippen LogP contribution in [0.3, 0.4) is 0 Å². The maximum atomic E-state index is 6.79. The highest BCUT2D eigenvalue weighted by atomic mass is 16.5. The highest BCUT2D eigenvalue weighted by Crippen LogP contribution is 2.59. The molecule has 2 heteroatoms. The number of ether oxygens (including phenoxy) is 2. The fourth-order valence-corrected chi connectivity index (χ4v) is 14.0. The van der Waals surface area contributed by atoms with Crippen molar-refractivity contribution in [3.8, 4) is 11.5 Å². The topological polar surface area (TPSA) is 18.5 Å². The molecule has 13 rings (SSSR count). The van der Waals surface area contributed by atoms with Gasteiger partial charge in [0, 0.05) is 0 Å². The van der Waals surface area contributed by atoms with E-state index in [1.165, 1.54) is 245 Å². The molecule has 0 aliphatic heterocycles. The average Bonchev–Trinajstić information content (AvgIpc) is 3.62. The van der Waals surface area contributed by atoms with E-state index in [4.69, 9.17) is 9.47 Å². The van der Waals surface area contributed by atoms with Gasteiger partial charge in [0.25, 0.3) is 0 Å². The molecule has 2 nitrogen and oxygen atoms in total. The van der Waals surface area contributed by atoms with Crippen LogP contribution in [0.2, 0.25) is 0 Å². The Hall–Kier alpha value is -6.64. The second-order valence-electron chi connectivity index (χ2n) is 22.2. The molecular formula is C72H72O2. The van der Waals surface area contributed by atoms with E-state index in [0.29, 0.717) is 0 Å². The summed E-state index contributed by atoms with van der Waals surface area (Å²) in [6, 6.07) is 51.3. The summed E-state index contributed by atoms with van der Waals surface area (Å²) >= 11 is 0. The van der Waals surface area contributed by atoms with Crippen molar-refractivity contribution in [1.82, 2.24) is 0 Å². The summed E-state index contributed by atoms with van der Waals surface area (Å²) in [7, 11) is 0. The van der Waals surface area contributed by atoms with Crippen LogP contribution in [0, 0.1) is 0 Å². The van der Waals surface area contributed by atoms with Crippen LogP contribution in [0.15, 0.2) is 133 Å². The Balaban J connectivity index is 1.03. The molecule has 0 atom stereocenters. The summed E-state index contributed by atoms with van der Waals surface area (Å²) in [5.41, 5.74) is 0. The van der Waals surface area contributed by atoms with Crippen molar-refractivity contribution in [2.45, 2.75) is 142 Å². The quantitative estimate of drug-likeness (QED) is 0.0341. The van der Waals surface area contributed by atoms with Gasteiger partial charge in [0.05, 0.1) is 13.2 Å². The predicted octanol–water partition coefficient (Wildman–Crippen LogP) is 22.4. The summed E-state index contributed by atoms with van der Waals surface area (Å²) in [5, 5.41) is 32.1. The Kier molecular flexibility index (Phi) is 13.1. The number of unbranched alkanes of at least 4 members (excludes halogenated alkanes) is 18. The number of rotatable bonds is 24. The van der Waals surface area contributed by atoms with Crippen molar-refractivity contribution in [1.29, 1.82) is 0 Å². The van der Waals surface area contributed by atoms with Crippen LogP contribution in [0.4, 0.5) is 0 Å². The fraction of sp³-hybridized carbons (Fsp3) is 0.333. The van der Waals surface area contributed by atoms with E-state index in [1.807, 2.05) is 0 Å². The van der Waals surface area contributed by atoms with Gasteiger partial charge in [-0.15, -0.1) is 0 Å². The number of benzene rings is 13. The van der Waals surface area contributed by atoms with E-state index in [2.05, 4.69) is 147 Å². The molecule has 74 heavy (non-hydrogen) atoms. The van der Waals surface area contributed by atoms with Gasteiger partial charge in [-0.3, -0.25) is 0 Å². The Bertz CT molecular complexity index is 3860. The summed E-state index contributed by atoms with van der Waals surface area (Å²) in [5.74, 6) is 1.93. The van der Waals surface area contributed by atoms with Crippen molar-refractivity contribution in [3.05, 3.63) is 133 Å². The first kappa shape index (κ1) is 47.1. The largest absolute Gasteiger partial charge is 0.494 e. The summed E-state index contributed by atoms with van der Waals surface area (Å²) < 4.78 is 13.6.